The Balaban J connectivity index is 1.57. The van der Waals surface area contributed by atoms with Gasteiger partial charge >= 0.3 is 12.1 Å². The molecule has 12 heteroatoms. The van der Waals surface area contributed by atoms with Gasteiger partial charge in [-0.05, 0) is 50.7 Å². The van der Waals surface area contributed by atoms with Gasteiger partial charge in [0.1, 0.15) is 23.2 Å². The Labute approximate surface area is 304 Å². The first-order valence-corrected chi connectivity index (χ1v) is 17.6. The van der Waals surface area contributed by atoms with E-state index in [4.69, 9.17) is 9.47 Å². The summed E-state index contributed by atoms with van der Waals surface area (Å²) in [5, 5.41) is 10.2. The first kappa shape index (κ1) is 38.0. The SMILES string of the molecule is C=CC1CC1(NC(=O)C1CC(n2ncc(-c3ccccc3)c(-c3ccccc3)c2=O)CN1C(=O)C(NC(=O)OC(C)(C)C)C(C)(C)C)C(=O)OCC. The minimum absolute atomic E-state index is 0.0182. The summed E-state index contributed by atoms with van der Waals surface area (Å²) in [6.45, 7) is 16.1. The predicted molar refractivity (Wildman–Crippen MR) is 197 cm³/mol. The second-order valence-corrected chi connectivity index (χ2v) is 15.5. The van der Waals surface area contributed by atoms with Crippen LogP contribution in [0.4, 0.5) is 4.79 Å². The molecule has 3 aromatic rings. The molecule has 2 fully saturated rings. The molecule has 0 spiro atoms. The molecule has 0 radical (unpaired) electrons. The van der Waals surface area contributed by atoms with E-state index in [2.05, 4.69) is 22.3 Å². The van der Waals surface area contributed by atoms with Crippen molar-refractivity contribution in [2.45, 2.75) is 90.6 Å². The summed E-state index contributed by atoms with van der Waals surface area (Å²) in [5.41, 5.74) is -0.754. The number of ether oxygens (including phenoxy) is 2. The van der Waals surface area contributed by atoms with Crippen LogP contribution in [0.3, 0.4) is 0 Å². The molecule has 2 aliphatic rings. The molecular weight excluding hydrogens is 662 g/mol. The molecule has 1 aliphatic carbocycles. The van der Waals surface area contributed by atoms with Gasteiger partial charge < -0.3 is 25.0 Å². The van der Waals surface area contributed by atoms with Crippen LogP contribution in [0.5, 0.6) is 0 Å². The summed E-state index contributed by atoms with van der Waals surface area (Å²) >= 11 is 0. The van der Waals surface area contributed by atoms with Crippen molar-refractivity contribution in [3.63, 3.8) is 0 Å². The number of carbonyl (C=O) groups excluding carboxylic acids is 4. The highest BCUT2D eigenvalue weighted by Gasteiger charge is 2.62. The van der Waals surface area contributed by atoms with E-state index in [0.29, 0.717) is 23.1 Å². The summed E-state index contributed by atoms with van der Waals surface area (Å²) in [7, 11) is 0. The number of hydrogen-bond donors (Lipinski definition) is 2. The number of nitrogens with zero attached hydrogens (tertiary/aromatic N) is 3. The largest absolute Gasteiger partial charge is 0.464 e. The fraction of sp³-hybridized carbons (Fsp3) is 0.450. The van der Waals surface area contributed by atoms with Crippen molar-refractivity contribution in [1.82, 2.24) is 25.3 Å². The average molecular weight is 712 g/mol. The van der Waals surface area contributed by atoms with Gasteiger partial charge in [-0.2, -0.15) is 5.10 Å². The van der Waals surface area contributed by atoms with Gasteiger partial charge in [0, 0.05) is 24.4 Å². The summed E-state index contributed by atoms with van der Waals surface area (Å²) in [5.74, 6) is -2.06. The molecule has 12 nitrogen and oxygen atoms in total. The number of aromatic nitrogens is 2. The van der Waals surface area contributed by atoms with E-state index >= 15 is 0 Å². The second kappa shape index (κ2) is 14.8. The van der Waals surface area contributed by atoms with E-state index in [-0.39, 0.29) is 31.0 Å². The van der Waals surface area contributed by atoms with Crippen LogP contribution in [-0.4, -0.2) is 74.9 Å². The lowest BCUT2D eigenvalue weighted by Crippen LogP contribution is -2.59. The molecule has 1 aromatic heterocycles. The molecule has 2 aromatic carbocycles. The van der Waals surface area contributed by atoms with E-state index in [1.54, 1.807) is 60.7 Å². The first-order chi connectivity index (χ1) is 24.5. The van der Waals surface area contributed by atoms with E-state index in [1.807, 2.05) is 60.7 Å². The fourth-order valence-electron chi connectivity index (χ4n) is 6.74. The average Bonchev–Trinajstić information content (AvgIpc) is 3.63. The number of carbonyl (C=O) groups is 4. The van der Waals surface area contributed by atoms with Gasteiger partial charge in [-0.3, -0.25) is 14.4 Å². The van der Waals surface area contributed by atoms with E-state index in [9.17, 15) is 24.0 Å². The number of likely N-dealkylation sites (tertiary alicyclic amines) is 1. The minimum Gasteiger partial charge on any atom is -0.464 e. The van der Waals surface area contributed by atoms with Crippen molar-refractivity contribution in [1.29, 1.82) is 0 Å². The Kier molecular flexibility index (Phi) is 10.8. The van der Waals surface area contributed by atoms with Crippen LogP contribution in [0.2, 0.25) is 0 Å². The van der Waals surface area contributed by atoms with Crippen LogP contribution in [0.1, 0.15) is 67.3 Å². The van der Waals surface area contributed by atoms with Crippen LogP contribution in [0.25, 0.3) is 22.3 Å². The highest BCUT2D eigenvalue weighted by atomic mass is 16.6. The van der Waals surface area contributed by atoms with Crippen molar-refractivity contribution in [3.8, 4) is 22.3 Å². The normalized spacial score (nSPS) is 21.8. The van der Waals surface area contributed by atoms with Gasteiger partial charge in [0.25, 0.3) is 5.56 Å². The van der Waals surface area contributed by atoms with Crippen molar-refractivity contribution >= 4 is 23.9 Å². The van der Waals surface area contributed by atoms with Crippen molar-refractivity contribution in [2.75, 3.05) is 13.2 Å². The number of rotatable bonds is 10. The smallest absolute Gasteiger partial charge is 0.408 e. The molecule has 1 saturated carbocycles. The lowest BCUT2D eigenvalue weighted by molar-refractivity contribution is -0.150. The van der Waals surface area contributed by atoms with Crippen molar-refractivity contribution in [3.05, 3.63) is 89.9 Å². The monoisotopic (exact) mass is 711 g/mol. The minimum atomic E-state index is -1.31. The maximum Gasteiger partial charge on any atom is 0.408 e. The van der Waals surface area contributed by atoms with E-state index in [1.165, 1.54) is 9.58 Å². The summed E-state index contributed by atoms with van der Waals surface area (Å²) in [4.78, 5) is 70.9. The van der Waals surface area contributed by atoms with Gasteiger partial charge in [0.2, 0.25) is 11.8 Å². The maximum atomic E-state index is 14.6. The third-order valence-electron chi connectivity index (χ3n) is 9.42. The highest BCUT2D eigenvalue weighted by molar-refractivity contribution is 5.97. The summed E-state index contributed by atoms with van der Waals surface area (Å²) < 4.78 is 12.1. The molecule has 1 aliphatic heterocycles. The van der Waals surface area contributed by atoms with Crippen molar-refractivity contribution < 1.29 is 28.7 Å². The number of hydrogen-bond acceptors (Lipinski definition) is 8. The molecule has 2 N–H and O–H groups in total. The van der Waals surface area contributed by atoms with E-state index < -0.39 is 58.6 Å². The Morgan fingerprint density at radius 3 is 2.15 bits per heavy atom. The number of alkyl carbamates (subject to hydrolysis) is 1. The predicted octanol–water partition coefficient (Wildman–Crippen LogP) is 5.28. The maximum absolute atomic E-state index is 14.6. The Morgan fingerprint density at radius 2 is 1.62 bits per heavy atom. The number of benzene rings is 2. The highest BCUT2D eigenvalue weighted by Crippen LogP contribution is 2.46. The zero-order chi connectivity index (χ0) is 38.0. The molecule has 276 valence electrons. The molecule has 3 amide bonds. The quantitative estimate of drug-likeness (QED) is 0.213. The van der Waals surface area contributed by atoms with Crippen LogP contribution >= 0.6 is 0 Å². The topological polar surface area (TPSA) is 149 Å². The molecule has 0 bridgehead atoms. The first-order valence-electron chi connectivity index (χ1n) is 17.6. The Bertz CT molecular complexity index is 1880. The number of amides is 3. The van der Waals surface area contributed by atoms with Crippen LogP contribution in [-0.2, 0) is 23.9 Å². The summed E-state index contributed by atoms with van der Waals surface area (Å²) in [6, 6.07) is 15.8. The molecular formula is C40H49N5O7. The standard InChI is InChI=1S/C40H49N5O7/c1-9-27-22-40(27,36(49)51-10-2)43-33(46)30-21-28(24-44(30)35(48)32(38(3,4)5)42-37(50)52-39(6,7)8)45-34(47)31(26-19-15-12-16-20-26)29(23-41-45)25-17-13-11-14-18-25/h9,11-20,23,27-28,30,32H,1,10,21-22,24H2,2-8H3,(H,42,50)(H,43,46). The van der Waals surface area contributed by atoms with Gasteiger partial charge in [-0.25, -0.2) is 14.3 Å². The molecule has 2 heterocycles. The van der Waals surface area contributed by atoms with Crippen LogP contribution in [0.15, 0.2) is 84.3 Å². The number of nitrogens with one attached hydrogen (secondary N) is 2. The van der Waals surface area contributed by atoms with Crippen LogP contribution in [0, 0.1) is 11.3 Å². The molecule has 5 unspecified atom stereocenters. The third kappa shape index (κ3) is 7.95. The van der Waals surface area contributed by atoms with Crippen LogP contribution < -0.4 is 16.2 Å². The Morgan fingerprint density at radius 1 is 1.00 bits per heavy atom. The second-order valence-electron chi connectivity index (χ2n) is 15.5. The third-order valence-corrected chi connectivity index (χ3v) is 9.42. The van der Waals surface area contributed by atoms with Gasteiger partial charge in [0.05, 0.1) is 24.4 Å². The molecule has 5 rings (SSSR count). The van der Waals surface area contributed by atoms with Crippen molar-refractivity contribution in [2.24, 2.45) is 11.3 Å². The molecule has 52 heavy (non-hydrogen) atoms. The zero-order valence-corrected chi connectivity index (χ0v) is 31.0. The van der Waals surface area contributed by atoms with E-state index in [0.717, 1.165) is 5.56 Å². The van der Waals surface area contributed by atoms with Gasteiger partial charge in [0.15, 0.2) is 0 Å². The Hall–Kier alpha value is -5.26. The zero-order valence-electron chi connectivity index (χ0n) is 31.0. The van der Waals surface area contributed by atoms with Gasteiger partial charge in [-0.15, -0.1) is 6.58 Å². The lowest BCUT2D eigenvalue weighted by atomic mass is 9.85. The number of esters is 1. The lowest BCUT2D eigenvalue weighted by Gasteiger charge is -2.36. The molecule has 1 saturated heterocycles. The van der Waals surface area contributed by atoms with Gasteiger partial charge in [-0.1, -0.05) is 87.5 Å². The fourth-order valence-corrected chi connectivity index (χ4v) is 6.74. The summed E-state index contributed by atoms with van der Waals surface area (Å²) in [6.07, 6.45) is 2.77. The molecule has 5 atom stereocenters.